The van der Waals surface area contributed by atoms with Crippen molar-refractivity contribution < 1.29 is 9.59 Å². The fourth-order valence-electron chi connectivity index (χ4n) is 4.85. The van der Waals surface area contributed by atoms with E-state index in [-0.39, 0.29) is 17.9 Å². The van der Waals surface area contributed by atoms with Gasteiger partial charge in [0.15, 0.2) is 0 Å². The Morgan fingerprint density at radius 1 is 0.906 bits per heavy atom. The van der Waals surface area contributed by atoms with Crippen LogP contribution in [0, 0.1) is 5.92 Å². The summed E-state index contributed by atoms with van der Waals surface area (Å²) in [5, 5.41) is 7.80. The van der Waals surface area contributed by atoms with Crippen LogP contribution in [0.25, 0.3) is 11.3 Å². The Morgan fingerprint density at radius 3 is 2.31 bits per heavy atom. The molecule has 164 valence electrons. The number of nitrogens with one attached hydrogen (secondary N) is 1. The van der Waals surface area contributed by atoms with E-state index in [1.165, 1.54) is 6.42 Å². The van der Waals surface area contributed by atoms with Crippen molar-refractivity contribution in [1.29, 1.82) is 0 Å². The molecule has 1 aliphatic carbocycles. The maximum absolute atomic E-state index is 13.4. The van der Waals surface area contributed by atoms with Crippen LogP contribution in [0.3, 0.4) is 0 Å². The molecule has 1 aromatic heterocycles. The number of hydrogen-bond acceptors (Lipinski definition) is 3. The lowest BCUT2D eigenvalue weighted by molar-refractivity contribution is 0.0779. The Hall–Kier alpha value is -3.41. The van der Waals surface area contributed by atoms with Crippen LogP contribution in [-0.4, -0.2) is 33.2 Å². The fourth-order valence-corrected chi connectivity index (χ4v) is 4.85. The summed E-state index contributed by atoms with van der Waals surface area (Å²) in [6.07, 6.45) is 5.94. The van der Waals surface area contributed by atoms with Crippen LogP contribution < -0.4 is 5.32 Å². The molecule has 2 heterocycles. The van der Waals surface area contributed by atoms with Crippen LogP contribution in [0.15, 0.2) is 60.7 Å². The predicted octanol–water partition coefficient (Wildman–Crippen LogP) is 5.36. The third-order valence-electron chi connectivity index (χ3n) is 6.58. The van der Waals surface area contributed by atoms with E-state index in [1.54, 1.807) is 9.58 Å². The molecule has 3 aromatic rings. The van der Waals surface area contributed by atoms with Gasteiger partial charge < -0.3 is 10.2 Å². The zero-order valence-corrected chi connectivity index (χ0v) is 18.2. The summed E-state index contributed by atoms with van der Waals surface area (Å²) in [7, 11) is 0. The number of para-hydroxylation sites is 1. The van der Waals surface area contributed by atoms with E-state index in [0.717, 1.165) is 53.9 Å². The van der Waals surface area contributed by atoms with Crippen LogP contribution in [0.4, 0.5) is 10.5 Å². The SMILES string of the molecule is O=C(Nc1ccccc1)N1CCc2c(c(-c3ccccc3)nn2C(=O)C2CCCCC2)C1. The number of urea groups is 1. The number of anilines is 1. The van der Waals surface area contributed by atoms with Crippen molar-refractivity contribution >= 4 is 17.6 Å². The summed E-state index contributed by atoms with van der Waals surface area (Å²) < 4.78 is 1.67. The Kier molecular flexibility index (Phi) is 5.75. The Bertz CT molecular complexity index is 1100. The van der Waals surface area contributed by atoms with E-state index in [4.69, 9.17) is 5.10 Å². The van der Waals surface area contributed by atoms with Gasteiger partial charge in [-0.25, -0.2) is 9.48 Å². The van der Waals surface area contributed by atoms with Gasteiger partial charge in [0.05, 0.1) is 17.9 Å². The van der Waals surface area contributed by atoms with E-state index in [0.29, 0.717) is 19.5 Å². The quantitative estimate of drug-likeness (QED) is 0.611. The van der Waals surface area contributed by atoms with Gasteiger partial charge in [0.1, 0.15) is 0 Å². The lowest BCUT2D eigenvalue weighted by atomic mass is 9.88. The van der Waals surface area contributed by atoms with Gasteiger partial charge in [0.2, 0.25) is 5.91 Å². The first-order chi connectivity index (χ1) is 15.7. The summed E-state index contributed by atoms with van der Waals surface area (Å²) in [5.41, 5.74) is 4.50. The molecular formula is C26H28N4O2. The summed E-state index contributed by atoms with van der Waals surface area (Å²) in [5.74, 6) is 0.168. The van der Waals surface area contributed by atoms with Crippen molar-refractivity contribution in [2.45, 2.75) is 45.1 Å². The molecule has 2 amide bonds. The Balaban J connectivity index is 1.46. The summed E-state index contributed by atoms with van der Waals surface area (Å²) in [4.78, 5) is 28.1. The second-order valence-corrected chi connectivity index (χ2v) is 8.69. The minimum absolute atomic E-state index is 0.0517. The fraction of sp³-hybridized carbons (Fsp3) is 0.346. The maximum atomic E-state index is 13.4. The average molecular weight is 429 g/mol. The number of aromatic nitrogens is 2. The molecule has 0 unspecified atom stereocenters. The summed E-state index contributed by atoms with van der Waals surface area (Å²) >= 11 is 0. The zero-order chi connectivity index (χ0) is 21.9. The highest BCUT2D eigenvalue weighted by Gasteiger charge is 2.32. The van der Waals surface area contributed by atoms with Crippen molar-refractivity contribution in [2.24, 2.45) is 5.92 Å². The highest BCUT2D eigenvalue weighted by molar-refractivity contribution is 5.90. The molecule has 5 rings (SSSR count). The molecule has 0 atom stereocenters. The van der Waals surface area contributed by atoms with Crippen LogP contribution in [-0.2, 0) is 13.0 Å². The molecule has 1 N–H and O–H groups in total. The number of hydrogen-bond donors (Lipinski definition) is 1. The second-order valence-electron chi connectivity index (χ2n) is 8.69. The molecule has 1 saturated carbocycles. The molecule has 6 heteroatoms. The first-order valence-electron chi connectivity index (χ1n) is 11.5. The highest BCUT2D eigenvalue weighted by Crippen LogP contribution is 2.32. The van der Waals surface area contributed by atoms with Gasteiger partial charge in [0.25, 0.3) is 0 Å². The molecule has 0 saturated heterocycles. The standard InChI is InChI=1S/C26H28N4O2/c31-25(20-12-6-2-7-13-20)30-23-16-17-29(26(32)27-21-14-8-3-9-15-21)18-22(23)24(28-30)19-10-4-1-5-11-19/h1,3-5,8-11,14-15,20H,2,6-7,12-13,16-18H2,(H,27,32). The third kappa shape index (κ3) is 4.05. The molecule has 0 spiro atoms. The van der Waals surface area contributed by atoms with Gasteiger partial charge in [-0.15, -0.1) is 0 Å². The molecule has 1 fully saturated rings. The molecule has 1 aliphatic heterocycles. The monoisotopic (exact) mass is 428 g/mol. The molecule has 2 aromatic carbocycles. The molecule has 32 heavy (non-hydrogen) atoms. The van der Waals surface area contributed by atoms with Crippen molar-refractivity contribution in [3.63, 3.8) is 0 Å². The number of amides is 2. The van der Waals surface area contributed by atoms with E-state index in [9.17, 15) is 9.59 Å². The van der Waals surface area contributed by atoms with Crippen LogP contribution in [0.2, 0.25) is 0 Å². The van der Waals surface area contributed by atoms with Crippen molar-refractivity contribution in [3.8, 4) is 11.3 Å². The molecule has 0 bridgehead atoms. The first-order valence-corrected chi connectivity index (χ1v) is 11.5. The summed E-state index contributed by atoms with van der Waals surface area (Å²) in [6, 6.07) is 19.3. The van der Waals surface area contributed by atoms with Gasteiger partial charge >= 0.3 is 6.03 Å². The molecule has 6 nitrogen and oxygen atoms in total. The normalized spacial score (nSPS) is 16.4. The largest absolute Gasteiger partial charge is 0.322 e. The van der Waals surface area contributed by atoms with Crippen LogP contribution in [0.1, 0.15) is 48.2 Å². The van der Waals surface area contributed by atoms with E-state index >= 15 is 0 Å². The van der Waals surface area contributed by atoms with Crippen molar-refractivity contribution in [1.82, 2.24) is 14.7 Å². The third-order valence-corrected chi connectivity index (χ3v) is 6.58. The minimum Gasteiger partial charge on any atom is -0.320 e. The van der Waals surface area contributed by atoms with Gasteiger partial charge in [-0.3, -0.25) is 4.79 Å². The van der Waals surface area contributed by atoms with Crippen LogP contribution >= 0.6 is 0 Å². The smallest absolute Gasteiger partial charge is 0.320 e. The van der Waals surface area contributed by atoms with E-state index in [1.807, 2.05) is 60.7 Å². The second kappa shape index (κ2) is 8.99. The number of carbonyl (C=O) groups is 2. The van der Waals surface area contributed by atoms with E-state index in [2.05, 4.69) is 5.32 Å². The Labute approximate surface area is 188 Å². The zero-order valence-electron chi connectivity index (χ0n) is 18.2. The number of benzene rings is 2. The van der Waals surface area contributed by atoms with Crippen LogP contribution in [0.5, 0.6) is 0 Å². The predicted molar refractivity (Wildman–Crippen MR) is 124 cm³/mol. The summed E-state index contributed by atoms with van der Waals surface area (Å²) in [6.45, 7) is 1.000. The highest BCUT2D eigenvalue weighted by atomic mass is 16.2. The number of rotatable bonds is 3. The minimum atomic E-state index is -0.132. The lowest BCUT2D eigenvalue weighted by Crippen LogP contribution is -2.39. The molecular weight excluding hydrogens is 400 g/mol. The van der Waals surface area contributed by atoms with E-state index < -0.39 is 0 Å². The Morgan fingerprint density at radius 2 is 1.59 bits per heavy atom. The topological polar surface area (TPSA) is 67.2 Å². The van der Waals surface area contributed by atoms with Crippen molar-refractivity contribution in [3.05, 3.63) is 71.9 Å². The maximum Gasteiger partial charge on any atom is 0.322 e. The number of carbonyl (C=O) groups excluding carboxylic acids is 2. The average Bonchev–Trinajstić information content (AvgIpc) is 3.24. The first kappa shape index (κ1) is 20.5. The van der Waals surface area contributed by atoms with Crippen molar-refractivity contribution in [2.75, 3.05) is 11.9 Å². The molecule has 0 radical (unpaired) electrons. The number of nitrogens with zero attached hydrogens (tertiary/aromatic N) is 3. The van der Waals surface area contributed by atoms with Gasteiger partial charge in [-0.05, 0) is 25.0 Å². The number of fused-ring (bicyclic) bond motifs is 1. The lowest BCUT2D eigenvalue weighted by Gasteiger charge is -2.28. The van der Waals surface area contributed by atoms with Gasteiger partial charge in [-0.2, -0.15) is 5.10 Å². The van der Waals surface area contributed by atoms with Gasteiger partial charge in [0, 0.05) is 35.7 Å². The molecule has 2 aliphatic rings. The van der Waals surface area contributed by atoms with Gasteiger partial charge in [-0.1, -0.05) is 67.8 Å².